The molecule has 1 aliphatic carbocycles. The van der Waals surface area contributed by atoms with Crippen LogP contribution in [0.4, 0.5) is 17.1 Å². The van der Waals surface area contributed by atoms with E-state index in [2.05, 4.69) is 0 Å². The highest BCUT2D eigenvalue weighted by Gasteiger charge is 2.36. The standard InChI is InChI=1S/C55H39NO/c1-55(2)51-20-12-11-19-46(51)47-29-26-43(34-52(47)55)56(42-24-21-38(22-25-42)36-13-5-3-6-14-36)44-27-30-48-49-31-41(37-15-7-4-8-16-37)23-28-45(49)50-32-39-17-9-10-18-40(39)33-53(50)57-54(48)35-44/h3-35H,1-2H3/i1D3,2D3,3D,5D,6D,11D,12D,13D,14D,19D,20D,21D,22D,24D,25D,26D,29D,34D. The van der Waals surface area contributed by atoms with Gasteiger partial charge in [-0.3, -0.25) is 0 Å². The molecule has 0 saturated carbocycles. The van der Waals surface area contributed by atoms with Crippen molar-refractivity contribution in [3.05, 3.63) is 211 Å². The predicted molar refractivity (Wildman–Crippen MR) is 238 cm³/mol. The number of ether oxygens (including phenoxy) is 1. The lowest BCUT2D eigenvalue weighted by molar-refractivity contribution is 0.488. The molecule has 0 atom stereocenters. The number of nitrogens with zero attached hydrogens (tertiary/aromatic N) is 1. The van der Waals surface area contributed by atoms with Gasteiger partial charge < -0.3 is 9.64 Å². The lowest BCUT2D eigenvalue weighted by Gasteiger charge is -2.29. The summed E-state index contributed by atoms with van der Waals surface area (Å²) in [6.07, 6.45) is 0. The van der Waals surface area contributed by atoms with Gasteiger partial charge in [0.25, 0.3) is 0 Å². The summed E-state index contributed by atoms with van der Waals surface area (Å²) in [6.45, 7) is -7.61. The molecule has 1 aliphatic heterocycles. The van der Waals surface area contributed by atoms with Crippen LogP contribution < -0.4 is 9.64 Å². The monoisotopic (exact) mass is 751 g/mol. The Morgan fingerprint density at radius 3 is 1.95 bits per heavy atom. The van der Waals surface area contributed by atoms with Crippen LogP contribution in [-0.2, 0) is 5.41 Å². The molecule has 0 fully saturated rings. The van der Waals surface area contributed by atoms with E-state index < -0.39 is 161 Å². The Morgan fingerprint density at radius 2 is 1.12 bits per heavy atom. The van der Waals surface area contributed by atoms with Crippen LogP contribution in [0, 0.1) is 0 Å². The molecule has 0 saturated heterocycles. The minimum Gasteiger partial charge on any atom is -0.456 e. The molecule has 2 heteroatoms. The Bertz CT molecular complexity index is 4100. The van der Waals surface area contributed by atoms with E-state index in [4.69, 9.17) is 25.3 Å². The molecule has 0 bridgehead atoms. The second-order valence-corrected chi connectivity index (χ2v) is 13.6. The normalized spacial score (nSPS) is 18.9. The maximum absolute atomic E-state index is 10.2. The molecule has 0 spiro atoms. The van der Waals surface area contributed by atoms with Crippen LogP contribution in [0.3, 0.4) is 0 Å². The van der Waals surface area contributed by atoms with E-state index in [1.54, 1.807) is 6.07 Å². The Morgan fingerprint density at radius 1 is 0.439 bits per heavy atom. The molecule has 9 aromatic carbocycles. The van der Waals surface area contributed by atoms with Gasteiger partial charge in [-0.15, -0.1) is 0 Å². The van der Waals surface area contributed by atoms with E-state index in [0.29, 0.717) is 22.4 Å². The zero-order valence-electron chi connectivity index (χ0n) is 51.7. The Kier molecular flexibility index (Phi) is 4.04. The van der Waals surface area contributed by atoms with Gasteiger partial charge >= 0.3 is 0 Å². The summed E-state index contributed by atoms with van der Waals surface area (Å²) in [5.74, 6) is 0.433. The van der Waals surface area contributed by atoms with Crippen molar-refractivity contribution in [1.29, 1.82) is 0 Å². The molecule has 11 rings (SSSR count). The second-order valence-electron chi connectivity index (χ2n) is 13.6. The van der Waals surface area contributed by atoms with Gasteiger partial charge in [-0.1, -0.05) is 153 Å². The number of benzene rings is 9. The number of rotatable bonds is 5. The highest BCUT2D eigenvalue weighted by Crippen LogP contribution is 2.53. The van der Waals surface area contributed by atoms with E-state index in [1.165, 1.54) is 12.1 Å². The summed E-state index contributed by atoms with van der Waals surface area (Å²) in [5.41, 5.74) is -6.09. The fourth-order valence-corrected chi connectivity index (χ4v) is 7.57. The van der Waals surface area contributed by atoms with Crippen LogP contribution in [0.5, 0.6) is 11.5 Å². The molecule has 9 aromatic rings. The quantitative estimate of drug-likeness (QED) is 0.174. The van der Waals surface area contributed by atoms with Crippen LogP contribution in [0.15, 0.2) is 200 Å². The highest BCUT2D eigenvalue weighted by atomic mass is 16.5. The van der Waals surface area contributed by atoms with Gasteiger partial charge in [0.05, 0.1) is 21.9 Å². The first-order valence-corrected chi connectivity index (χ1v) is 17.9. The molecule has 2 aliphatic rings. The van der Waals surface area contributed by atoms with Crippen molar-refractivity contribution in [2.45, 2.75) is 19.1 Å². The van der Waals surface area contributed by atoms with Crippen molar-refractivity contribution in [2.24, 2.45) is 0 Å². The first-order valence-electron chi connectivity index (χ1n) is 28.9. The van der Waals surface area contributed by atoms with Crippen LogP contribution >= 0.6 is 0 Å². The first kappa shape index (κ1) is 17.7. The summed E-state index contributed by atoms with van der Waals surface area (Å²) >= 11 is 0. The van der Waals surface area contributed by atoms with Crippen LogP contribution in [0.25, 0.3) is 66.4 Å². The van der Waals surface area contributed by atoms with Gasteiger partial charge in [-0.05, 0) is 121 Å². The minimum absolute atomic E-state index is 0.0784. The average molecular weight is 752 g/mol. The third kappa shape index (κ3) is 5.48. The first-order chi connectivity index (χ1) is 37.2. The lowest BCUT2D eigenvalue weighted by Crippen LogP contribution is -2.16. The third-order valence-corrected chi connectivity index (χ3v) is 10.3. The topological polar surface area (TPSA) is 12.5 Å². The summed E-state index contributed by atoms with van der Waals surface area (Å²) < 4.78 is 207. The van der Waals surface area contributed by atoms with Gasteiger partial charge in [-0.2, -0.15) is 0 Å². The molecule has 1 heterocycles. The zero-order valence-corrected chi connectivity index (χ0v) is 29.7. The lowest BCUT2D eigenvalue weighted by atomic mass is 9.82. The van der Waals surface area contributed by atoms with Gasteiger partial charge in [0.15, 0.2) is 0 Å². The second kappa shape index (κ2) is 13.0. The third-order valence-electron chi connectivity index (χ3n) is 10.3. The number of fused-ring (bicyclic) bond motifs is 9. The van der Waals surface area contributed by atoms with Crippen molar-refractivity contribution < 1.29 is 34.9 Å². The molecule has 0 amide bonds. The Labute approximate surface area is 364 Å². The molecule has 0 N–H and O–H groups in total. The summed E-state index contributed by atoms with van der Waals surface area (Å²) in [7, 11) is 0. The van der Waals surface area contributed by atoms with E-state index >= 15 is 0 Å². The maximum atomic E-state index is 10.2. The molecule has 0 unspecified atom stereocenters. The van der Waals surface area contributed by atoms with Gasteiger partial charge in [0, 0.05) is 47.9 Å². The largest absolute Gasteiger partial charge is 0.456 e. The summed E-state index contributed by atoms with van der Waals surface area (Å²) in [6, 6.07) is 15.8. The molecule has 0 aromatic heterocycles. The summed E-state index contributed by atoms with van der Waals surface area (Å²) in [5, 5.41) is 1.67. The fraction of sp³-hybridized carbons (Fsp3) is 0.0545. The maximum Gasteiger partial charge on any atom is 0.137 e. The van der Waals surface area contributed by atoms with Crippen molar-refractivity contribution in [3.63, 3.8) is 0 Å². The summed E-state index contributed by atoms with van der Waals surface area (Å²) in [4.78, 5) is 0.842. The number of anilines is 3. The van der Waals surface area contributed by atoms with E-state index in [0.717, 1.165) is 32.4 Å². The van der Waals surface area contributed by atoms with Gasteiger partial charge in [-0.25, -0.2) is 0 Å². The fourth-order valence-electron chi connectivity index (χ4n) is 7.57. The average Bonchev–Trinajstić information content (AvgIpc) is 2.52. The number of hydrogen-bond acceptors (Lipinski definition) is 2. The predicted octanol–water partition coefficient (Wildman–Crippen LogP) is 15.4. The molecular weight excluding hydrogens is 691 g/mol. The van der Waals surface area contributed by atoms with E-state index in [1.807, 2.05) is 84.9 Å². The Hall–Kier alpha value is -7.16. The zero-order chi connectivity index (χ0) is 57.0. The van der Waals surface area contributed by atoms with Crippen LogP contribution in [-0.4, -0.2) is 0 Å². The molecule has 57 heavy (non-hydrogen) atoms. The van der Waals surface area contributed by atoms with Crippen LogP contribution in [0.1, 0.15) is 55.0 Å². The molecule has 0 radical (unpaired) electrons. The van der Waals surface area contributed by atoms with Crippen molar-refractivity contribution in [2.75, 3.05) is 4.90 Å². The molecule has 270 valence electrons. The molecular formula is C55H39NO. The number of hydrogen-bond donors (Lipinski definition) is 0. The van der Waals surface area contributed by atoms with Crippen molar-refractivity contribution in [1.82, 2.24) is 0 Å². The van der Waals surface area contributed by atoms with E-state index in [-0.39, 0.29) is 11.4 Å². The van der Waals surface area contributed by atoms with Crippen LogP contribution in [0.2, 0.25) is 0 Å². The highest BCUT2D eigenvalue weighted by molar-refractivity contribution is 5.99. The smallest absolute Gasteiger partial charge is 0.137 e. The van der Waals surface area contributed by atoms with Crippen molar-refractivity contribution >= 4 is 27.8 Å². The SMILES string of the molecule is [2H]c1c([2H])c([2H])c(-c2c([2H])c([2H])c(N(c3ccc4c(c3)Oc3cc5ccccc5cc3-c3ccc(-c5ccccc5)cc3-4)c3c([2H])c([2H])c4c(c3[2H])C(C([2H])([2H])[2H])(C([2H])([2H])[2H])c3c([2H])c([2H])c([2H])c([2H])c3-4)c([2H])c2[2H])c([2H])c1[2H]. The van der Waals surface area contributed by atoms with Gasteiger partial charge in [0.1, 0.15) is 11.5 Å². The minimum atomic E-state index is -3.80. The Balaban J connectivity index is 1.28. The van der Waals surface area contributed by atoms with Crippen molar-refractivity contribution in [3.8, 4) is 67.1 Å². The van der Waals surface area contributed by atoms with E-state index in [9.17, 15) is 9.60 Å². The molecule has 2 nitrogen and oxygen atoms in total. The van der Waals surface area contributed by atoms with Gasteiger partial charge in [0.2, 0.25) is 0 Å².